The highest BCUT2D eigenvalue weighted by molar-refractivity contribution is 5.02. The third kappa shape index (κ3) is 9.67. The molecule has 1 aliphatic rings. The molecule has 0 aliphatic carbocycles. The number of aliphatic hydroxyl groups excluding tert-OH is 3. The quantitative estimate of drug-likeness (QED) is 0.195. The molecule has 0 amide bonds. The van der Waals surface area contributed by atoms with Gasteiger partial charge in [0.2, 0.25) is 0 Å². The van der Waals surface area contributed by atoms with E-state index in [1.165, 1.54) is 51.4 Å². The molecule has 5 atom stereocenters. The molecule has 0 saturated carbocycles. The van der Waals surface area contributed by atoms with Crippen molar-refractivity contribution >= 4 is 0 Å². The average molecular weight is 489 g/mol. The zero-order chi connectivity index (χ0) is 25.4. The fourth-order valence-corrected chi connectivity index (χ4v) is 5.20. The van der Waals surface area contributed by atoms with Crippen LogP contribution < -0.4 is 0 Å². The summed E-state index contributed by atoms with van der Waals surface area (Å²) in [7, 11) is 0. The summed E-state index contributed by atoms with van der Waals surface area (Å²) in [6.45, 7) is 10.7. The molecule has 1 aliphatic heterocycles. The van der Waals surface area contributed by atoms with Gasteiger partial charge in [0.05, 0.1) is 18.3 Å². The fourth-order valence-electron chi connectivity index (χ4n) is 5.20. The van der Waals surface area contributed by atoms with E-state index in [2.05, 4.69) is 6.92 Å². The van der Waals surface area contributed by atoms with Crippen LogP contribution in [0.15, 0.2) is 0 Å². The first-order valence-electron chi connectivity index (χ1n) is 14.4. The van der Waals surface area contributed by atoms with Crippen LogP contribution in [0.4, 0.5) is 0 Å². The molecule has 204 valence electrons. The first kappa shape index (κ1) is 31.8. The van der Waals surface area contributed by atoms with E-state index in [-0.39, 0.29) is 12.7 Å². The number of aliphatic hydroxyl groups is 3. The van der Waals surface area contributed by atoms with Crippen LogP contribution in [0.5, 0.6) is 0 Å². The van der Waals surface area contributed by atoms with Crippen molar-refractivity contribution in [2.75, 3.05) is 13.2 Å². The number of unbranched alkanes of at least 4 members (excludes halogenated alkanes) is 9. The summed E-state index contributed by atoms with van der Waals surface area (Å²) in [6, 6.07) is 0. The van der Waals surface area contributed by atoms with Crippen LogP contribution in [0.1, 0.15) is 125 Å². The second-order valence-electron chi connectivity index (χ2n) is 10.1. The monoisotopic (exact) mass is 488 g/mol. The first-order valence-corrected chi connectivity index (χ1v) is 14.4. The molecule has 34 heavy (non-hydrogen) atoms. The lowest BCUT2D eigenvalue weighted by Gasteiger charge is -2.50. The molecule has 0 radical (unpaired) electrons. The van der Waals surface area contributed by atoms with E-state index in [0.29, 0.717) is 19.4 Å². The van der Waals surface area contributed by atoms with Gasteiger partial charge in [0.25, 0.3) is 0 Å². The molecule has 0 aromatic heterocycles. The molecule has 1 fully saturated rings. The molecule has 6 heteroatoms. The Morgan fingerprint density at radius 3 is 1.76 bits per heavy atom. The smallest absolute Gasteiger partial charge is 0.115 e. The third-order valence-electron chi connectivity index (χ3n) is 7.73. The van der Waals surface area contributed by atoms with Crippen molar-refractivity contribution in [2.24, 2.45) is 0 Å². The van der Waals surface area contributed by atoms with Gasteiger partial charge in [-0.05, 0) is 32.1 Å². The van der Waals surface area contributed by atoms with Crippen molar-refractivity contribution in [1.29, 1.82) is 0 Å². The van der Waals surface area contributed by atoms with Gasteiger partial charge in [0.15, 0.2) is 0 Å². The highest BCUT2D eigenvalue weighted by atomic mass is 16.6. The second-order valence-corrected chi connectivity index (χ2v) is 10.1. The lowest BCUT2D eigenvalue weighted by molar-refractivity contribution is -0.292. The summed E-state index contributed by atoms with van der Waals surface area (Å²) >= 11 is 0. The van der Waals surface area contributed by atoms with Crippen LogP contribution in [0.25, 0.3) is 0 Å². The van der Waals surface area contributed by atoms with Gasteiger partial charge in [-0.15, -0.1) is 0 Å². The van der Waals surface area contributed by atoms with E-state index in [4.69, 9.17) is 14.2 Å². The van der Waals surface area contributed by atoms with E-state index in [1.807, 2.05) is 27.7 Å². The molecule has 1 saturated heterocycles. The second kappa shape index (κ2) is 18.1. The molecule has 0 aromatic rings. The minimum Gasteiger partial charge on any atom is -0.394 e. The van der Waals surface area contributed by atoms with Crippen molar-refractivity contribution in [3.8, 4) is 0 Å². The molecule has 0 bridgehead atoms. The van der Waals surface area contributed by atoms with Crippen molar-refractivity contribution in [3.05, 3.63) is 0 Å². The Morgan fingerprint density at radius 2 is 1.29 bits per heavy atom. The molecule has 1 unspecified atom stereocenters. The van der Waals surface area contributed by atoms with Gasteiger partial charge in [-0.1, -0.05) is 92.4 Å². The Morgan fingerprint density at radius 1 is 0.765 bits per heavy atom. The Balaban J connectivity index is 2.58. The topological polar surface area (TPSA) is 88.4 Å². The Hall–Kier alpha value is -0.240. The van der Waals surface area contributed by atoms with Crippen molar-refractivity contribution in [3.63, 3.8) is 0 Å². The van der Waals surface area contributed by atoms with Gasteiger partial charge in [0, 0.05) is 6.61 Å². The minimum atomic E-state index is -1.13. The summed E-state index contributed by atoms with van der Waals surface area (Å²) in [6.07, 6.45) is 11.1. The van der Waals surface area contributed by atoms with Gasteiger partial charge in [-0.3, -0.25) is 0 Å². The minimum absolute atomic E-state index is 0.0456. The summed E-state index contributed by atoms with van der Waals surface area (Å²) in [5.74, 6) is 0. The molecule has 1 heterocycles. The fraction of sp³-hybridized carbons (Fsp3) is 1.00. The van der Waals surface area contributed by atoms with E-state index in [9.17, 15) is 15.3 Å². The van der Waals surface area contributed by atoms with Crippen LogP contribution in [-0.4, -0.2) is 70.8 Å². The van der Waals surface area contributed by atoms with Crippen LogP contribution in [0, 0.1) is 0 Å². The zero-order valence-electron chi connectivity index (χ0n) is 22.8. The van der Waals surface area contributed by atoms with Gasteiger partial charge in [-0.2, -0.15) is 0 Å². The first-order chi connectivity index (χ1) is 16.4. The number of hydrogen-bond donors (Lipinski definition) is 3. The van der Waals surface area contributed by atoms with E-state index >= 15 is 0 Å². The van der Waals surface area contributed by atoms with E-state index in [1.54, 1.807) is 0 Å². The standard InChI is InChI=1S/C28H56O6/c1-6-11-12-13-14-15-16-17-18-19-20-32-28(9-4,10-5)27-25(31)24(30)26(23(21-29)34-27)33-22(7-2)8-3/h22-27,29-31H,6-21H2,1-5H3/t23-,24-,25-,26-,27?/m1/s1. The predicted molar refractivity (Wildman–Crippen MR) is 138 cm³/mol. The summed E-state index contributed by atoms with van der Waals surface area (Å²) in [4.78, 5) is 0. The normalized spacial score (nSPS) is 25.9. The van der Waals surface area contributed by atoms with Crippen molar-refractivity contribution < 1.29 is 29.5 Å². The molecule has 1 rings (SSSR count). The lowest BCUT2D eigenvalue weighted by atomic mass is 9.81. The largest absolute Gasteiger partial charge is 0.394 e. The maximum absolute atomic E-state index is 11.0. The maximum atomic E-state index is 11.0. The van der Waals surface area contributed by atoms with Gasteiger partial charge in [-0.25, -0.2) is 0 Å². The molecular weight excluding hydrogens is 432 g/mol. The third-order valence-corrected chi connectivity index (χ3v) is 7.73. The molecular formula is C28H56O6. The summed E-state index contributed by atoms with van der Waals surface area (Å²) in [5, 5.41) is 32.0. The highest BCUT2D eigenvalue weighted by Gasteiger charge is 2.53. The SMILES string of the molecule is CCCCCCCCCCCCOC(CC)(CC)C1O[C@H](CO)[C@@H](OC(CC)CC)[C@H](O)[C@H]1O. The Labute approximate surface area is 209 Å². The average Bonchev–Trinajstić information content (AvgIpc) is 2.86. The summed E-state index contributed by atoms with van der Waals surface area (Å²) in [5.41, 5.74) is -0.701. The van der Waals surface area contributed by atoms with Gasteiger partial charge >= 0.3 is 0 Å². The zero-order valence-corrected chi connectivity index (χ0v) is 22.8. The Kier molecular flexibility index (Phi) is 16.9. The molecule has 0 spiro atoms. The molecule has 0 aromatic carbocycles. The highest BCUT2D eigenvalue weighted by Crippen LogP contribution is 2.37. The number of ether oxygens (including phenoxy) is 3. The van der Waals surface area contributed by atoms with Crippen LogP contribution in [0.3, 0.4) is 0 Å². The lowest BCUT2D eigenvalue weighted by Crippen LogP contribution is -2.66. The van der Waals surface area contributed by atoms with Crippen molar-refractivity contribution in [2.45, 2.75) is 167 Å². The maximum Gasteiger partial charge on any atom is 0.115 e. The van der Waals surface area contributed by atoms with Crippen LogP contribution >= 0.6 is 0 Å². The predicted octanol–water partition coefficient (Wildman–Crippen LogP) is 5.54. The molecule has 3 N–H and O–H groups in total. The van der Waals surface area contributed by atoms with Gasteiger partial charge in [0.1, 0.15) is 30.5 Å². The Bertz CT molecular complexity index is 478. The molecule has 6 nitrogen and oxygen atoms in total. The van der Waals surface area contributed by atoms with E-state index in [0.717, 1.165) is 25.7 Å². The van der Waals surface area contributed by atoms with Crippen LogP contribution in [-0.2, 0) is 14.2 Å². The van der Waals surface area contributed by atoms with Gasteiger partial charge < -0.3 is 29.5 Å². The number of hydrogen-bond acceptors (Lipinski definition) is 6. The van der Waals surface area contributed by atoms with Crippen molar-refractivity contribution in [1.82, 2.24) is 0 Å². The summed E-state index contributed by atoms with van der Waals surface area (Å²) < 4.78 is 18.6. The van der Waals surface area contributed by atoms with Crippen LogP contribution in [0.2, 0.25) is 0 Å². The van der Waals surface area contributed by atoms with E-state index < -0.39 is 36.1 Å². The number of rotatable bonds is 20.